The molecule has 1 N–H and O–H groups in total. The van der Waals surface area contributed by atoms with E-state index in [0.717, 1.165) is 19.3 Å². The Bertz CT molecular complexity index is 2340. The van der Waals surface area contributed by atoms with Crippen LogP contribution in [0.5, 0.6) is 5.75 Å². The maximum absolute atomic E-state index is 13.4. The predicted molar refractivity (Wildman–Crippen MR) is 201 cm³/mol. The van der Waals surface area contributed by atoms with Gasteiger partial charge in [0, 0.05) is 27.7 Å². The van der Waals surface area contributed by atoms with Crippen molar-refractivity contribution in [3.8, 4) is 5.75 Å². The van der Waals surface area contributed by atoms with Gasteiger partial charge in [-0.1, -0.05) is 59.3 Å². The van der Waals surface area contributed by atoms with Crippen LogP contribution in [0.4, 0.5) is 4.79 Å². The van der Waals surface area contributed by atoms with Crippen molar-refractivity contribution in [2.24, 2.45) is 0 Å². The number of carbonyl (C=O) groups is 3. The first kappa shape index (κ1) is 35.7. The molecule has 53 heavy (non-hydrogen) atoms. The van der Waals surface area contributed by atoms with E-state index >= 15 is 0 Å². The lowest BCUT2D eigenvalue weighted by molar-refractivity contribution is -0.151. The first-order valence-corrected chi connectivity index (χ1v) is 18.0. The Morgan fingerprint density at radius 3 is 2.58 bits per heavy atom. The van der Waals surface area contributed by atoms with Gasteiger partial charge in [-0.2, -0.15) is 0 Å². The Balaban J connectivity index is 1.13. The number of hydrogen-bond donors (Lipinski definition) is 1. The van der Waals surface area contributed by atoms with Crippen LogP contribution in [0.2, 0.25) is 5.02 Å². The van der Waals surface area contributed by atoms with E-state index in [4.69, 9.17) is 25.8 Å². The van der Waals surface area contributed by atoms with Crippen molar-refractivity contribution in [2.45, 2.75) is 71.2 Å². The largest absolute Gasteiger partial charge is 0.474 e. The molecular formula is C41H40ClN5O6. The quantitative estimate of drug-likeness (QED) is 0.147. The number of fused-ring (bicyclic) bond motifs is 3. The molecule has 0 fully saturated rings. The number of nitrogens with zero attached hydrogens (tertiary/aromatic N) is 4. The standard InChI is InChI=1S/C41H40ClN5O6/c1-5-51-39(49)37(31-24-46(40(50)53-41(2,3)4)35-16-9-8-14-30(31)35)52-28-18-19-32(42)27(21-28)23-47-36-20-17-26(22-34(36)44-45-47)38(48)43-33-15-10-12-25-11-6-7-13-29(25)33/h6-9,11,13-14,16-22,24,33,37H,5,10,12,15,23H2,1-4H3,(H,43,48). The summed E-state index contributed by atoms with van der Waals surface area (Å²) in [5.41, 5.74) is 5.15. The Hall–Kier alpha value is -5.68. The van der Waals surface area contributed by atoms with Crippen molar-refractivity contribution >= 4 is 51.5 Å². The Kier molecular flexibility index (Phi) is 9.94. The van der Waals surface area contributed by atoms with E-state index in [-0.39, 0.29) is 25.1 Å². The zero-order chi connectivity index (χ0) is 37.3. The average Bonchev–Trinajstić information content (AvgIpc) is 3.72. The van der Waals surface area contributed by atoms with Crippen LogP contribution in [0.15, 0.2) is 91.1 Å². The van der Waals surface area contributed by atoms with E-state index in [9.17, 15) is 14.4 Å². The van der Waals surface area contributed by atoms with E-state index in [1.807, 2.05) is 30.3 Å². The first-order valence-electron chi connectivity index (χ1n) is 17.7. The topological polar surface area (TPSA) is 127 Å². The van der Waals surface area contributed by atoms with Gasteiger partial charge < -0.3 is 19.5 Å². The summed E-state index contributed by atoms with van der Waals surface area (Å²) in [6, 6.07) is 25.8. The van der Waals surface area contributed by atoms with Crippen molar-refractivity contribution in [3.63, 3.8) is 0 Å². The minimum absolute atomic E-state index is 0.0393. The second kappa shape index (κ2) is 14.7. The number of benzene rings is 4. The van der Waals surface area contributed by atoms with Crippen molar-refractivity contribution < 1.29 is 28.6 Å². The van der Waals surface area contributed by atoms with Crippen LogP contribution in [-0.2, 0) is 27.2 Å². The molecule has 1 aliphatic rings. The smallest absolute Gasteiger partial charge is 0.419 e. The SMILES string of the molecule is CCOC(=O)C(Oc1ccc(Cl)c(Cn2nnc3cc(C(=O)NC4CCCc5ccccc54)ccc32)c1)c1cn(C(=O)OC(C)(C)C)c2ccccc12. The zero-order valence-electron chi connectivity index (χ0n) is 30.0. The monoisotopic (exact) mass is 733 g/mol. The minimum atomic E-state index is -1.21. The molecule has 1 aliphatic carbocycles. The molecule has 2 unspecified atom stereocenters. The van der Waals surface area contributed by atoms with Gasteiger partial charge in [0.05, 0.1) is 30.2 Å². The van der Waals surface area contributed by atoms with Gasteiger partial charge in [0.2, 0.25) is 6.10 Å². The highest BCUT2D eigenvalue weighted by atomic mass is 35.5. The Morgan fingerprint density at radius 1 is 0.981 bits per heavy atom. The second-order valence-corrected chi connectivity index (χ2v) is 14.4. The normalized spacial score (nSPS) is 14.8. The number of amides is 1. The first-order chi connectivity index (χ1) is 25.5. The molecule has 1 amide bonds. The number of hydrogen-bond acceptors (Lipinski definition) is 8. The van der Waals surface area contributed by atoms with E-state index in [2.05, 4.69) is 27.8 Å². The molecule has 0 saturated carbocycles. The molecule has 2 heterocycles. The van der Waals surface area contributed by atoms with Crippen LogP contribution in [0.1, 0.15) is 85.3 Å². The minimum Gasteiger partial charge on any atom is -0.474 e. The van der Waals surface area contributed by atoms with Crippen LogP contribution in [0.25, 0.3) is 21.9 Å². The molecule has 7 rings (SSSR count). The molecule has 6 aromatic rings. The lowest BCUT2D eigenvalue weighted by atomic mass is 9.87. The second-order valence-electron chi connectivity index (χ2n) is 14.0. The van der Waals surface area contributed by atoms with Crippen LogP contribution < -0.4 is 10.1 Å². The number of aryl methyl sites for hydroxylation is 1. The van der Waals surface area contributed by atoms with E-state index in [1.54, 1.807) is 81.0 Å². The van der Waals surface area contributed by atoms with E-state index in [1.165, 1.54) is 15.7 Å². The fourth-order valence-electron chi connectivity index (χ4n) is 6.75. The van der Waals surface area contributed by atoms with Crippen LogP contribution in [0.3, 0.4) is 0 Å². The lowest BCUT2D eigenvalue weighted by Crippen LogP contribution is -2.30. The zero-order valence-corrected chi connectivity index (χ0v) is 30.7. The molecule has 2 atom stereocenters. The highest BCUT2D eigenvalue weighted by Gasteiger charge is 2.31. The van der Waals surface area contributed by atoms with Crippen molar-refractivity contribution in [1.29, 1.82) is 0 Å². The summed E-state index contributed by atoms with van der Waals surface area (Å²) in [7, 11) is 0. The molecule has 11 nitrogen and oxygen atoms in total. The fraction of sp³-hybridized carbons (Fsp3) is 0.293. The third-order valence-electron chi connectivity index (χ3n) is 9.16. The van der Waals surface area contributed by atoms with E-state index in [0.29, 0.717) is 49.4 Å². The number of rotatable bonds is 9. The van der Waals surface area contributed by atoms with Gasteiger partial charge in [0.25, 0.3) is 5.91 Å². The summed E-state index contributed by atoms with van der Waals surface area (Å²) >= 11 is 6.68. The maximum Gasteiger partial charge on any atom is 0.419 e. The van der Waals surface area contributed by atoms with Gasteiger partial charge in [-0.15, -0.1) is 5.10 Å². The molecule has 4 aromatic carbocycles. The number of halogens is 1. The number of para-hydroxylation sites is 1. The Morgan fingerprint density at radius 2 is 1.77 bits per heavy atom. The molecule has 0 saturated heterocycles. The van der Waals surface area contributed by atoms with E-state index < -0.39 is 23.8 Å². The molecule has 0 aliphatic heterocycles. The molecule has 272 valence electrons. The van der Waals surface area contributed by atoms with Gasteiger partial charge in [-0.3, -0.25) is 9.36 Å². The molecule has 0 bridgehead atoms. The molecule has 0 radical (unpaired) electrons. The molecule has 2 aromatic heterocycles. The van der Waals surface area contributed by atoms with Gasteiger partial charge in [-0.05, 0) is 106 Å². The number of nitrogens with one attached hydrogen (secondary N) is 1. The fourth-order valence-corrected chi connectivity index (χ4v) is 6.93. The average molecular weight is 734 g/mol. The molecule has 12 heteroatoms. The van der Waals surface area contributed by atoms with Crippen molar-refractivity contribution in [3.05, 3.63) is 124 Å². The highest BCUT2D eigenvalue weighted by molar-refractivity contribution is 6.31. The van der Waals surface area contributed by atoms with Gasteiger partial charge in [-0.25, -0.2) is 14.3 Å². The number of esters is 1. The van der Waals surface area contributed by atoms with Crippen LogP contribution in [0, 0.1) is 0 Å². The number of carbonyl (C=O) groups excluding carboxylic acids is 3. The molecular weight excluding hydrogens is 694 g/mol. The van der Waals surface area contributed by atoms with Crippen LogP contribution >= 0.6 is 11.6 Å². The van der Waals surface area contributed by atoms with Gasteiger partial charge in [0.1, 0.15) is 16.9 Å². The van der Waals surface area contributed by atoms with Crippen molar-refractivity contribution in [1.82, 2.24) is 24.9 Å². The summed E-state index contributed by atoms with van der Waals surface area (Å²) < 4.78 is 20.5. The summed E-state index contributed by atoms with van der Waals surface area (Å²) in [5, 5.41) is 13.0. The molecule has 0 spiro atoms. The van der Waals surface area contributed by atoms with Gasteiger partial charge in [0.15, 0.2) is 0 Å². The predicted octanol–water partition coefficient (Wildman–Crippen LogP) is 8.36. The Labute approximate surface area is 311 Å². The third kappa shape index (κ3) is 7.61. The van der Waals surface area contributed by atoms with Gasteiger partial charge >= 0.3 is 12.1 Å². The van der Waals surface area contributed by atoms with Crippen LogP contribution in [-0.4, -0.2) is 49.7 Å². The number of ether oxygens (including phenoxy) is 3. The summed E-state index contributed by atoms with van der Waals surface area (Å²) in [5.74, 6) is -0.434. The maximum atomic E-state index is 13.4. The van der Waals surface area contributed by atoms with Crippen molar-refractivity contribution in [2.75, 3.05) is 6.61 Å². The highest BCUT2D eigenvalue weighted by Crippen LogP contribution is 2.34. The third-order valence-corrected chi connectivity index (χ3v) is 9.53. The summed E-state index contributed by atoms with van der Waals surface area (Å²) in [6.07, 6.45) is 2.69. The summed E-state index contributed by atoms with van der Waals surface area (Å²) in [4.78, 5) is 40.0. The summed E-state index contributed by atoms with van der Waals surface area (Å²) in [6.45, 7) is 7.45. The number of aromatic nitrogens is 4. The lowest BCUT2D eigenvalue weighted by Gasteiger charge is -2.26.